The van der Waals surface area contributed by atoms with Gasteiger partial charge in [0.05, 0.1) is 6.42 Å². The molecule has 64 valence electrons. The second kappa shape index (κ2) is 3.22. The number of esters is 1. The molecule has 0 amide bonds. The quantitative estimate of drug-likeness (QED) is 0.566. The third kappa shape index (κ3) is 1.71. The number of hydrogen-bond donors (Lipinski definition) is 0. The molecule has 1 saturated heterocycles. The third-order valence-electron chi connectivity index (χ3n) is 2.09. The first kappa shape index (κ1) is 8.53. The Morgan fingerprint density at radius 3 is 2.64 bits per heavy atom. The lowest BCUT2D eigenvalue weighted by Crippen LogP contribution is -2.22. The van der Waals surface area contributed by atoms with Crippen LogP contribution in [0.5, 0.6) is 0 Å². The van der Waals surface area contributed by atoms with Crippen molar-refractivity contribution in [2.45, 2.75) is 26.6 Å². The Kier molecular flexibility index (Phi) is 2.49. The van der Waals surface area contributed by atoms with Crippen LogP contribution in [-0.2, 0) is 14.3 Å². The van der Waals surface area contributed by atoms with Gasteiger partial charge < -0.3 is 9.47 Å². The molecule has 2 atom stereocenters. The van der Waals surface area contributed by atoms with E-state index in [0.29, 0.717) is 12.3 Å². The largest absolute Gasteiger partial charge is 0.435 e. The molecule has 3 heteroatoms. The number of ether oxygens (including phenoxy) is 2. The number of hydrogen-bond acceptors (Lipinski definition) is 3. The van der Waals surface area contributed by atoms with Gasteiger partial charge in [-0.3, -0.25) is 4.79 Å². The highest BCUT2D eigenvalue weighted by molar-refractivity contribution is 5.71. The van der Waals surface area contributed by atoms with E-state index < -0.39 is 0 Å². The zero-order chi connectivity index (χ0) is 8.43. The molecule has 1 aliphatic rings. The Balaban J connectivity index is 2.57. The topological polar surface area (TPSA) is 35.5 Å². The molecule has 0 N–H and O–H groups in total. The molecule has 0 aromatic carbocycles. The van der Waals surface area contributed by atoms with E-state index in [1.54, 1.807) is 7.11 Å². The van der Waals surface area contributed by atoms with E-state index in [9.17, 15) is 4.79 Å². The van der Waals surface area contributed by atoms with Gasteiger partial charge in [0.1, 0.15) is 0 Å². The molecule has 0 spiro atoms. The zero-order valence-corrected chi connectivity index (χ0v) is 7.16. The van der Waals surface area contributed by atoms with Gasteiger partial charge in [-0.15, -0.1) is 0 Å². The van der Waals surface area contributed by atoms with Crippen molar-refractivity contribution in [3.8, 4) is 0 Å². The summed E-state index contributed by atoms with van der Waals surface area (Å²) in [6, 6.07) is 0. The second-order valence-corrected chi connectivity index (χ2v) is 3.21. The highest BCUT2D eigenvalue weighted by Crippen LogP contribution is 2.28. The normalized spacial score (nSPS) is 31.1. The van der Waals surface area contributed by atoms with Gasteiger partial charge in [0.2, 0.25) is 6.29 Å². The molecule has 3 nitrogen and oxygen atoms in total. The summed E-state index contributed by atoms with van der Waals surface area (Å²) >= 11 is 0. The van der Waals surface area contributed by atoms with Crippen molar-refractivity contribution in [3.05, 3.63) is 0 Å². The summed E-state index contributed by atoms with van der Waals surface area (Å²) in [6.07, 6.45) is 0.179. The lowest BCUT2D eigenvalue weighted by Gasteiger charge is -2.18. The lowest BCUT2D eigenvalue weighted by atomic mass is 9.94. The van der Waals surface area contributed by atoms with Crippen molar-refractivity contribution >= 4 is 5.97 Å². The molecule has 1 fully saturated rings. The molecular formula is C8H14O3. The lowest BCUT2D eigenvalue weighted by molar-refractivity contribution is -0.162. The van der Waals surface area contributed by atoms with E-state index in [4.69, 9.17) is 9.47 Å². The van der Waals surface area contributed by atoms with Crippen LogP contribution in [0.2, 0.25) is 0 Å². The van der Waals surface area contributed by atoms with Crippen LogP contribution >= 0.6 is 0 Å². The maximum Gasteiger partial charge on any atom is 0.308 e. The summed E-state index contributed by atoms with van der Waals surface area (Å²) < 4.78 is 9.94. The SMILES string of the molecule is COC1OC(=O)CC1C(C)C. The maximum atomic E-state index is 10.8. The number of carbonyl (C=O) groups excluding carboxylic acids is 1. The van der Waals surface area contributed by atoms with Gasteiger partial charge in [-0.1, -0.05) is 13.8 Å². The molecule has 0 aromatic rings. The second-order valence-electron chi connectivity index (χ2n) is 3.21. The molecule has 1 aliphatic heterocycles. The van der Waals surface area contributed by atoms with Crippen molar-refractivity contribution in [2.24, 2.45) is 11.8 Å². The van der Waals surface area contributed by atoms with Crippen molar-refractivity contribution in [1.82, 2.24) is 0 Å². The van der Waals surface area contributed by atoms with E-state index in [1.165, 1.54) is 0 Å². The Labute approximate surface area is 66.7 Å². The summed E-state index contributed by atoms with van der Waals surface area (Å²) in [5, 5.41) is 0. The zero-order valence-electron chi connectivity index (χ0n) is 7.16. The van der Waals surface area contributed by atoms with Gasteiger partial charge >= 0.3 is 5.97 Å². The van der Waals surface area contributed by atoms with Crippen LogP contribution in [0.3, 0.4) is 0 Å². The minimum Gasteiger partial charge on any atom is -0.435 e. The van der Waals surface area contributed by atoms with Crippen molar-refractivity contribution < 1.29 is 14.3 Å². The Bertz CT molecular complexity index is 153. The predicted molar refractivity (Wildman–Crippen MR) is 39.8 cm³/mol. The Morgan fingerprint density at radius 1 is 1.64 bits per heavy atom. The fourth-order valence-corrected chi connectivity index (χ4v) is 1.33. The molecule has 0 aromatic heterocycles. The van der Waals surface area contributed by atoms with Crippen molar-refractivity contribution in [1.29, 1.82) is 0 Å². The predicted octanol–water partition coefficient (Wildman–Crippen LogP) is 1.18. The van der Waals surface area contributed by atoms with Gasteiger partial charge in [0, 0.05) is 13.0 Å². The fraction of sp³-hybridized carbons (Fsp3) is 0.875. The van der Waals surface area contributed by atoms with Gasteiger partial charge in [-0.25, -0.2) is 0 Å². The Morgan fingerprint density at radius 2 is 2.27 bits per heavy atom. The van der Waals surface area contributed by atoms with Crippen LogP contribution in [-0.4, -0.2) is 19.4 Å². The minimum atomic E-state index is -0.317. The van der Waals surface area contributed by atoms with E-state index in [2.05, 4.69) is 13.8 Å². The third-order valence-corrected chi connectivity index (χ3v) is 2.09. The highest BCUT2D eigenvalue weighted by atomic mass is 16.7. The highest BCUT2D eigenvalue weighted by Gasteiger charge is 2.36. The molecule has 0 aliphatic carbocycles. The number of cyclic esters (lactones) is 1. The average molecular weight is 158 g/mol. The molecule has 1 rings (SSSR count). The number of carbonyl (C=O) groups is 1. The van der Waals surface area contributed by atoms with Crippen LogP contribution in [0.1, 0.15) is 20.3 Å². The Hall–Kier alpha value is -0.570. The van der Waals surface area contributed by atoms with E-state index >= 15 is 0 Å². The molecule has 0 bridgehead atoms. The summed E-state index contributed by atoms with van der Waals surface area (Å²) in [5.41, 5.74) is 0. The van der Waals surface area contributed by atoms with Gasteiger partial charge in [-0.05, 0) is 5.92 Å². The van der Waals surface area contributed by atoms with Gasteiger partial charge in [0.25, 0.3) is 0 Å². The van der Waals surface area contributed by atoms with Crippen LogP contribution in [0.25, 0.3) is 0 Å². The monoisotopic (exact) mass is 158 g/mol. The van der Waals surface area contributed by atoms with Crippen LogP contribution in [0.4, 0.5) is 0 Å². The van der Waals surface area contributed by atoms with E-state index in [-0.39, 0.29) is 18.2 Å². The molecule has 1 heterocycles. The van der Waals surface area contributed by atoms with Crippen molar-refractivity contribution in [2.75, 3.05) is 7.11 Å². The van der Waals surface area contributed by atoms with Gasteiger partial charge in [-0.2, -0.15) is 0 Å². The molecule has 2 unspecified atom stereocenters. The van der Waals surface area contributed by atoms with Crippen LogP contribution < -0.4 is 0 Å². The molecular weight excluding hydrogens is 144 g/mol. The van der Waals surface area contributed by atoms with Crippen LogP contribution in [0.15, 0.2) is 0 Å². The molecule has 0 saturated carbocycles. The van der Waals surface area contributed by atoms with Gasteiger partial charge in [0.15, 0.2) is 0 Å². The van der Waals surface area contributed by atoms with E-state index in [1.807, 2.05) is 0 Å². The summed E-state index contributed by atoms with van der Waals surface area (Å²) in [6.45, 7) is 4.14. The first-order valence-electron chi connectivity index (χ1n) is 3.87. The first-order chi connectivity index (χ1) is 5.15. The average Bonchev–Trinajstić information content (AvgIpc) is 2.30. The van der Waals surface area contributed by atoms with Crippen molar-refractivity contribution in [3.63, 3.8) is 0 Å². The first-order valence-corrected chi connectivity index (χ1v) is 3.87. The summed E-state index contributed by atoms with van der Waals surface area (Å²) in [5.74, 6) is 0.523. The molecule has 0 radical (unpaired) electrons. The summed E-state index contributed by atoms with van der Waals surface area (Å²) in [7, 11) is 1.57. The van der Waals surface area contributed by atoms with E-state index in [0.717, 1.165) is 0 Å². The number of rotatable bonds is 2. The number of methoxy groups -OCH3 is 1. The molecule has 11 heavy (non-hydrogen) atoms. The minimum absolute atomic E-state index is 0.143. The maximum absolute atomic E-state index is 10.8. The van der Waals surface area contributed by atoms with Crippen LogP contribution in [0, 0.1) is 11.8 Å². The summed E-state index contributed by atoms with van der Waals surface area (Å²) in [4.78, 5) is 10.8. The smallest absolute Gasteiger partial charge is 0.308 e. The standard InChI is InChI=1S/C8H14O3/c1-5(2)6-4-7(9)11-8(6)10-3/h5-6,8H,4H2,1-3H3. The fourth-order valence-electron chi connectivity index (χ4n) is 1.33.